The first-order valence-electron chi connectivity index (χ1n) is 13.9. The third-order valence-corrected chi connectivity index (χ3v) is 5.72. The Bertz CT molecular complexity index is 1110. The maximum absolute atomic E-state index is 10.8. The summed E-state index contributed by atoms with van der Waals surface area (Å²) in [5.41, 5.74) is 5.43. The quantitative estimate of drug-likeness (QED) is 0.409. The number of carbonyl (C=O) groups excluding carboxylic acids is 2. The molecule has 2 N–H and O–H groups in total. The summed E-state index contributed by atoms with van der Waals surface area (Å²) in [5.74, 6) is -1.59. The van der Waals surface area contributed by atoms with Gasteiger partial charge in [-0.3, -0.25) is 9.98 Å². The Balaban J connectivity index is 0. The Kier molecular flexibility index (Phi) is 18.6. The van der Waals surface area contributed by atoms with Gasteiger partial charge in [-0.1, -0.05) is 80.4 Å². The molecule has 0 fully saturated rings. The summed E-state index contributed by atoms with van der Waals surface area (Å²) >= 11 is 0. The first-order chi connectivity index (χ1) is 18.8. The van der Waals surface area contributed by atoms with E-state index >= 15 is 0 Å². The molecular formula is C33H48CoN2O6. The van der Waals surface area contributed by atoms with E-state index in [9.17, 15) is 10.2 Å². The van der Waals surface area contributed by atoms with Crippen molar-refractivity contribution in [1.82, 2.24) is 0 Å². The molecule has 0 amide bonds. The van der Waals surface area contributed by atoms with E-state index in [4.69, 9.17) is 19.8 Å². The molecule has 2 aromatic rings. The Labute approximate surface area is 262 Å². The average molecular weight is 628 g/mol. The first-order valence-corrected chi connectivity index (χ1v) is 13.9. The van der Waals surface area contributed by atoms with Crippen molar-refractivity contribution in [2.24, 2.45) is 9.98 Å². The second kappa shape index (κ2) is 19.1. The molecule has 42 heavy (non-hydrogen) atoms. The minimum atomic E-state index is -1.08. The Morgan fingerprint density at radius 3 is 1.24 bits per heavy atom. The van der Waals surface area contributed by atoms with Crippen LogP contribution in [0.2, 0.25) is 0 Å². The van der Waals surface area contributed by atoms with Crippen LogP contribution in [0.15, 0.2) is 34.3 Å². The molecule has 0 aliphatic heterocycles. The van der Waals surface area contributed by atoms with Gasteiger partial charge in [-0.05, 0) is 60.8 Å². The van der Waals surface area contributed by atoms with Crippen molar-refractivity contribution < 1.29 is 46.8 Å². The van der Waals surface area contributed by atoms with E-state index in [2.05, 4.69) is 77.5 Å². The average Bonchev–Trinajstić information content (AvgIpc) is 2.80. The summed E-state index contributed by atoms with van der Waals surface area (Å²) in [5, 5.41) is 39.4. The van der Waals surface area contributed by atoms with E-state index in [0.717, 1.165) is 61.8 Å². The summed E-state index contributed by atoms with van der Waals surface area (Å²) in [6.07, 6.45) is 7.43. The molecule has 0 aromatic heterocycles. The predicted octanol–water partition coefficient (Wildman–Crippen LogP) is 4.60. The Morgan fingerprint density at radius 2 is 1.00 bits per heavy atom. The molecular weight excluding hydrogens is 579 g/mol. The molecule has 9 heteroatoms. The summed E-state index contributed by atoms with van der Waals surface area (Å²) in [6, 6.07) is 8.23. The van der Waals surface area contributed by atoms with Crippen LogP contribution in [0.3, 0.4) is 0 Å². The Morgan fingerprint density at radius 1 is 0.714 bits per heavy atom. The van der Waals surface area contributed by atoms with Crippen LogP contribution in [0.1, 0.15) is 115 Å². The molecule has 1 radical (unpaired) electrons. The summed E-state index contributed by atoms with van der Waals surface area (Å²) < 4.78 is 0. The molecule has 2 aromatic carbocycles. The van der Waals surface area contributed by atoms with Gasteiger partial charge in [0, 0.05) is 46.6 Å². The third-order valence-electron chi connectivity index (χ3n) is 5.72. The van der Waals surface area contributed by atoms with E-state index in [-0.39, 0.29) is 45.8 Å². The fourth-order valence-electron chi connectivity index (χ4n) is 3.97. The largest absolute Gasteiger partial charge is 2.00 e. The van der Waals surface area contributed by atoms with Gasteiger partial charge in [-0.15, -0.1) is 0 Å². The number of nitrogens with zero attached hydrogens (tertiary/aromatic N) is 2. The van der Waals surface area contributed by atoms with Gasteiger partial charge in [0.2, 0.25) is 0 Å². The van der Waals surface area contributed by atoms with Crippen LogP contribution >= 0.6 is 0 Å². The molecule has 0 heterocycles. The monoisotopic (exact) mass is 627 g/mol. The van der Waals surface area contributed by atoms with Gasteiger partial charge >= 0.3 is 16.8 Å². The van der Waals surface area contributed by atoms with Crippen molar-refractivity contribution in [3.63, 3.8) is 0 Å². The second-order valence-electron chi connectivity index (χ2n) is 11.9. The number of aromatic hydroxyl groups is 2. The molecule has 0 aliphatic rings. The number of carboxylic acids is 2. The van der Waals surface area contributed by atoms with Gasteiger partial charge in [0.25, 0.3) is 0 Å². The summed E-state index contributed by atoms with van der Waals surface area (Å²) in [4.78, 5) is 26.7. The molecule has 2 rings (SSSR count). The zero-order valence-corrected chi connectivity index (χ0v) is 27.8. The van der Waals surface area contributed by atoms with Gasteiger partial charge in [-0.25, -0.2) is 0 Å². The number of aliphatic imine (C=N–C) groups is 2. The molecule has 235 valence electrons. The fraction of sp³-hybridized carbons (Fsp3) is 0.515. The zero-order valence-electron chi connectivity index (χ0n) is 26.8. The normalized spacial score (nSPS) is 11.3. The first kappa shape index (κ1) is 41.0. The molecule has 0 atom stereocenters. The molecule has 0 saturated heterocycles. The number of rotatable bonds is 8. The number of carboxylic acid groups (broad SMARTS) is 2. The van der Waals surface area contributed by atoms with Crippen molar-refractivity contribution in [3.8, 4) is 11.5 Å². The van der Waals surface area contributed by atoms with E-state index in [1.54, 1.807) is 12.4 Å². The number of aliphatic carboxylic acids is 2. The van der Waals surface area contributed by atoms with E-state index in [1.165, 1.54) is 11.1 Å². The van der Waals surface area contributed by atoms with Crippen LogP contribution in [0.4, 0.5) is 0 Å². The topological polar surface area (TPSA) is 145 Å². The minimum absolute atomic E-state index is 0. The number of carbonyl (C=O) groups is 2. The second-order valence-corrected chi connectivity index (χ2v) is 11.9. The van der Waals surface area contributed by atoms with Gasteiger partial charge in [-0.2, -0.15) is 0 Å². The molecule has 0 aliphatic carbocycles. The number of phenols is 2. The van der Waals surface area contributed by atoms with Crippen molar-refractivity contribution in [1.29, 1.82) is 0 Å². The maximum atomic E-state index is 10.8. The zero-order chi connectivity index (χ0) is 32.0. The number of hydrogen-bond acceptors (Lipinski definition) is 8. The van der Waals surface area contributed by atoms with E-state index < -0.39 is 11.9 Å². The van der Waals surface area contributed by atoms with Crippen LogP contribution in [0, 0.1) is 0 Å². The summed E-state index contributed by atoms with van der Waals surface area (Å²) in [6.45, 7) is 19.1. The molecule has 0 unspecified atom stereocenters. The standard InChI is InChI=1S/C29H42N2O2.2C2H4O2.Co/c1-9-11-20-13-22(26(32)24(15-20)28(3,4)5)17-30-19-31-18-23-14-21(12-10-2)16-25(27(23)33)29(6,7)8;2*1-2(3)4;/h13-18,32-33H,9-12,19H2,1-8H3;2*1H3,(H,3,4);/q;;;+2/p-2. The van der Waals surface area contributed by atoms with Crippen LogP contribution in [-0.2, 0) is 50.0 Å². The SMILES string of the molecule is CC(=O)[O-].CC(=O)[O-].CCCc1cc(C=NCN=Cc2cc(CCC)cc(C(C)(C)C)c2O)c(O)c(C(C)(C)C)c1.[Co+2]. The number of benzene rings is 2. The number of hydrogen-bond donors (Lipinski definition) is 2. The van der Waals surface area contributed by atoms with Crippen LogP contribution in [-0.4, -0.2) is 41.2 Å². The maximum Gasteiger partial charge on any atom is 2.00 e. The van der Waals surface area contributed by atoms with E-state index in [1.807, 2.05) is 12.1 Å². The molecule has 0 spiro atoms. The third kappa shape index (κ3) is 15.7. The van der Waals surface area contributed by atoms with Crippen molar-refractivity contribution in [3.05, 3.63) is 57.6 Å². The Hall–Kier alpha value is -3.17. The smallest absolute Gasteiger partial charge is 0.550 e. The van der Waals surface area contributed by atoms with Crippen LogP contribution in [0.5, 0.6) is 11.5 Å². The summed E-state index contributed by atoms with van der Waals surface area (Å²) in [7, 11) is 0. The van der Waals surface area contributed by atoms with Crippen LogP contribution < -0.4 is 10.2 Å². The molecule has 8 nitrogen and oxygen atoms in total. The van der Waals surface area contributed by atoms with Crippen molar-refractivity contribution in [2.45, 2.75) is 106 Å². The molecule has 0 bridgehead atoms. The predicted molar refractivity (Wildman–Crippen MR) is 163 cm³/mol. The molecule has 0 saturated carbocycles. The van der Waals surface area contributed by atoms with Gasteiger partial charge in [0.1, 0.15) is 18.2 Å². The van der Waals surface area contributed by atoms with Gasteiger partial charge in [0.05, 0.1) is 0 Å². The minimum Gasteiger partial charge on any atom is -0.550 e. The fourth-order valence-corrected chi connectivity index (χ4v) is 3.97. The van der Waals surface area contributed by atoms with Crippen molar-refractivity contribution in [2.75, 3.05) is 6.67 Å². The van der Waals surface area contributed by atoms with Crippen LogP contribution in [0.25, 0.3) is 0 Å². The number of aryl methyl sites for hydroxylation is 2. The van der Waals surface area contributed by atoms with Crippen molar-refractivity contribution >= 4 is 24.4 Å². The number of phenolic OH excluding ortho intramolecular Hbond substituents is 2. The van der Waals surface area contributed by atoms with E-state index in [0.29, 0.717) is 0 Å². The van der Waals surface area contributed by atoms with Gasteiger partial charge < -0.3 is 30.0 Å². The van der Waals surface area contributed by atoms with Gasteiger partial charge in [0.15, 0.2) is 0 Å².